The van der Waals surface area contributed by atoms with E-state index in [-0.39, 0.29) is 11.0 Å². The molecule has 0 saturated carbocycles. The van der Waals surface area contributed by atoms with Crippen LogP contribution in [-0.2, 0) is 14.8 Å². The van der Waals surface area contributed by atoms with Crippen molar-refractivity contribution in [2.24, 2.45) is 0 Å². The van der Waals surface area contributed by atoms with Gasteiger partial charge in [-0.3, -0.25) is 14.8 Å². The first-order valence-electron chi connectivity index (χ1n) is 6.10. The standard InChI is InChI=1S/C12H12N4O5S2/c1-21-11(18)9-13-12(22-15-9)14-10(17)7-3-5-8(6-4-7)16-23(2,19)20/h3-6,16H,1-2H3,(H,13,14,15,17). The summed E-state index contributed by atoms with van der Waals surface area (Å²) >= 11 is 0.842. The first-order chi connectivity index (χ1) is 10.8. The van der Waals surface area contributed by atoms with Gasteiger partial charge in [-0.1, -0.05) is 0 Å². The molecular formula is C12H12N4O5S2. The van der Waals surface area contributed by atoms with Crippen LogP contribution in [-0.4, -0.2) is 43.0 Å². The molecule has 1 heterocycles. The fraction of sp³-hybridized carbons (Fsp3) is 0.167. The van der Waals surface area contributed by atoms with Crippen molar-refractivity contribution in [3.8, 4) is 0 Å². The molecule has 2 rings (SSSR count). The second-order valence-electron chi connectivity index (χ2n) is 4.32. The minimum atomic E-state index is -3.38. The van der Waals surface area contributed by atoms with Gasteiger partial charge in [-0.25, -0.2) is 13.2 Å². The molecule has 0 aliphatic heterocycles. The van der Waals surface area contributed by atoms with Gasteiger partial charge in [0.1, 0.15) is 0 Å². The molecule has 0 aliphatic carbocycles. The van der Waals surface area contributed by atoms with Crippen LogP contribution in [0, 0.1) is 0 Å². The van der Waals surface area contributed by atoms with Gasteiger partial charge in [0, 0.05) is 22.8 Å². The molecule has 0 atom stereocenters. The largest absolute Gasteiger partial charge is 0.463 e. The maximum Gasteiger partial charge on any atom is 0.377 e. The van der Waals surface area contributed by atoms with Crippen molar-refractivity contribution in [1.82, 2.24) is 9.36 Å². The Bertz CT molecular complexity index is 829. The molecule has 9 nitrogen and oxygen atoms in total. The molecule has 0 unspecified atom stereocenters. The summed E-state index contributed by atoms with van der Waals surface area (Å²) in [5.74, 6) is -1.30. The van der Waals surface area contributed by atoms with Gasteiger partial charge in [0.05, 0.1) is 13.4 Å². The predicted molar refractivity (Wildman–Crippen MR) is 84.1 cm³/mol. The molecule has 2 N–H and O–H groups in total. The lowest BCUT2D eigenvalue weighted by atomic mass is 10.2. The average Bonchev–Trinajstić information content (AvgIpc) is 2.94. The van der Waals surface area contributed by atoms with Gasteiger partial charge < -0.3 is 4.74 Å². The highest BCUT2D eigenvalue weighted by molar-refractivity contribution is 7.92. The summed E-state index contributed by atoms with van der Waals surface area (Å²) in [7, 11) is -2.18. The van der Waals surface area contributed by atoms with Crippen molar-refractivity contribution >= 4 is 44.3 Å². The van der Waals surface area contributed by atoms with Gasteiger partial charge in [0.25, 0.3) is 11.7 Å². The summed E-state index contributed by atoms with van der Waals surface area (Å²) in [6.45, 7) is 0. The van der Waals surface area contributed by atoms with Crippen LogP contribution in [0.5, 0.6) is 0 Å². The smallest absolute Gasteiger partial charge is 0.377 e. The van der Waals surface area contributed by atoms with Crippen LogP contribution in [0.1, 0.15) is 21.0 Å². The van der Waals surface area contributed by atoms with E-state index in [0.717, 1.165) is 17.8 Å². The highest BCUT2D eigenvalue weighted by Gasteiger charge is 2.15. The summed E-state index contributed by atoms with van der Waals surface area (Å²) < 4.78 is 32.7. The zero-order valence-corrected chi connectivity index (χ0v) is 13.7. The van der Waals surface area contributed by atoms with Crippen LogP contribution >= 0.6 is 11.5 Å². The van der Waals surface area contributed by atoms with Gasteiger partial charge in [0.15, 0.2) is 0 Å². The number of carbonyl (C=O) groups is 2. The third-order valence-electron chi connectivity index (χ3n) is 2.46. The Morgan fingerprint density at radius 2 is 1.87 bits per heavy atom. The van der Waals surface area contributed by atoms with Crippen molar-refractivity contribution in [3.63, 3.8) is 0 Å². The van der Waals surface area contributed by atoms with Crippen LogP contribution in [0.3, 0.4) is 0 Å². The van der Waals surface area contributed by atoms with E-state index in [9.17, 15) is 18.0 Å². The van der Waals surface area contributed by atoms with Gasteiger partial charge in [0.2, 0.25) is 15.2 Å². The van der Waals surface area contributed by atoms with E-state index >= 15 is 0 Å². The van der Waals surface area contributed by atoms with Crippen LogP contribution in [0.25, 0.3) is 0 Å². The fourth-order valence-corrected chi connectivity index (χ4v) is 2.64. The lowest BCUT2D eigenvalue weighted by molar-refractivity contribution is 0.0588. The predicted octanol–water partition coefficient (Wildman–Crippen LogP) is 0.949. The fourth-order valence-electron chi connectivity index (χ4n) is 1.52. The van der Waals surface area contributed by atoms with Crippen LogP contribution < -0.4 is 10.0 Å². The Balaban J connectivity index is 2.06. The number of amides is 1. The number of nitrogens with one attached hydrogen (secondary N) is 2. The third-order valence-corrected chi connectivity index (χ3v) is 3.70. The molecule has 2 aromatic rings. The van der Waals surface area contributed by atoms with E-state index in [1.54, 1.807) is 0 Å². The zero-order valence-electron chi connectivity index (χ0n) is 12.1. The molecule has 0 radical (unpaired) electrons. The Morgan fingerprint density at radius 1 is 1.22 bits per heavy atom. The number of hydrogen-bond donors (Lipinski definition) is 2. The monoisotopic (exact) mass is 356 g/mol. The van der Waals surface area contributed by atoms with E-state index in [0.29, 0.717) is 11.3 Å². The summed E-state index contributed by atoms with van der Waals surface area (Å²) in [5, 5.41) is 2.63. The summed E-state index contributed by atoms with van der Waals surface area (Å²) in [6, 6.07) is 5.81. The number of rotatable bonds is 5. The normalized spacial score (nSPS) is 10.9. The number of esters is 1. The Labute approximate surface area is 135 Å². The number of aromatic nitrogens is 2. The number of ether oxygens (including phenoxy) is 1. The SMILES string of the molecule is COC(=O)c1nsc(NC(=O)c2ccc(NS(C)(=O)=O)cc2)n1. The zero-order chi connectivity index (χ0) is 17.0. The van der Waals surface area contributed by atoms with Crippen molar-refractivity contribution in [1.29, 1.82) is 0 Å². The first kappa shape index (κ1) is 16.8. The molecule has 0 spiro atoms. The average molecular weight is 356 g/mol. The lowest BCUT2D eigenvalue weighted by Crippen LogP contribution is -2.13. The minimum absolute atomic E-state index is 0.138. The number of methoxy groups -OCH3 is 1. The van der Waals surface area contributed by atoms with Crippen molar-refractivity contribution in [3.05, 3.63) is 35.7 Å². The van der Waals surface area contributed by atoms with Crippen LogP contribution in [0.15, 0.2) is 24.3 Å². The molecule has 0 aliphatic rings. The minimum Gasteiger partial charge on any atom is -0.463 e. The third kappa shape index (κ3) is 4.72. The van der Waals surface area contributed by atoms with Crippen molar-refractivity contribution in [2.75, 3.05) is 23.4 Å². The summed E-state index contributed by atoms with van der Waals surface area (Å²) in [5.41, 5.74) is 0.631. The number of carbonyl (C=O) groups excluding carboxylic acids is 2. The highest BCUT2D eigenvalue weighted by atomic mass is 32.2. The van der Waals surface area contributed by atoms with E-state index in [1.165, 1.54) is 31.4 Å². The molecule has 1 aromatic carbocycles. The summed E-state index contributed by atoms with van der Waals surface area (Å²) in [6.07, 6.45) is 1.03. The molecule has 122 valence electrons. The number of benzene rings is 1. The molecule has 23 heavy (non-hydrogen) atoms. The Morgan fingerprint density at radius 3 is 2.43 bits per heavy atom. The second-order valence-corrected chi connectivity index (χ2v) is 6.82. The molecule has 1 aromatic heterocycles. The van der Waals surface area contributed by atoms with Gasteiger partial charge in [-0.05, 0) is 24.3 Å². The number of hydrogen-bond acceptors (Lipinski definition) is 8. The summed E-state index contributed by atoms with van der Waals surface area (Å²) in [4.78, 5) is 27.1. The van der Waals surface area contributed by atoms with Crippen LogP contribution in [0.2, 0.25) is 0 Å². The molecule has 0 fully saturated rings. The molecule has 0 bridgehead atoms. The maximum absolute atomic E-state index is 12.0. The van der Waals surface area contributed by atoms with Crippen LogP contribution in [0.4, 0.5) is 10.8 Å². The second kappa shape index (κ2) is 6.71. The Kier molecular flexibility index (Phi) is 4.91. The number of sulfonamides is 1. The van der Waals surface area contributed by atoms with E-state index in [1.807, 2.05) is 0 Å². The van der Waals surface area contributed by atoms with Crippen molar-refractivity contribution in [2.45, 2.75) is 0 Å². The van der Waals surface area contributed by atoms with E-state index < -0.39 is 21.9 Å². The van der Waals surface area contributed by atoms with Crippen molar-refractivity contribution < 1.29 is 22.7 Å². The van der Waals surface area contributed by atoms with E-state index in [4.69, 9.17) is 0 Å². The van der Waals surface area contributed by atoms with Gasteiger partial charge in [-0.2, -0.15) is 9.36 Å². The molecule has 0 saturated heterocycles. The molecule has 1 amide bonds. The van der Waals surface area contributed by atoms with Gasteiger partial charge >= 0.3 is 5.97 Å². The molecular weight excluding hydrogens is 344 g/mol. The Hall–Kier alpha value is -2.53. The van der Waals surface area contributed by atoms with E-state index in [2.05, 4.69) is 24.1 Å². The maximum atomic E-state index is 12.0. The number of nitrogens with zero attached hydrogens (tertiary/aromatic N) is 2. The number of anilines is 2. The first-order valence-corrected chi connectivity index (χ1v) is 8.76. The highest BCUT2D eigenvalue weighted by Crippen LogP contribution is 2.15. The molecule has 11 heteroatoms. The quantitative estimate of drug-likeness (QED) is 0.763. The lowest BCUT2D eigenvalue weighted by Gasteiger charge is -2.05. The topological polar surface area (TPSA) is 127 Å². The van der Waals surface area contributed by atoms with Gasteiger partial charge in [-0.15, -0.1) is 0 Å².